The highest BCUT2D eigenvalue weighted by Crippen LogP contribution is 2.31. The van der Waals surface area contributed by atoms with Crippen LogP contribution < -0.4 is 0 Å². The molecule has 0 spiro atoms. The van der Waals surface area contributed by atoms with E-state index in [1.807, 2.05) is 0 Å². The Morgan fingerprint density at radius 2 is 1.24 bits per heavy atom. The smallest absolute Gasteiger partial charge is 0.0997 e. The van der Waals surface area contributed by atoms with E-state index in [0.29, 0.717) is 17.8 Å². The van der Waals surface area contributed by atoms with Gasteiger partial charge in [-0.05, 0) is 34.4 Å². The Hall–Kier alpha value is -1.29. The van der Waals surface area contributed by atoms with E-state index in [4.69, 9.17) is 0 Å². The summed E-state index contributed by atoms with van der Waals surface area (Å²) in [6, 6.07) is 6.81. The third kappa shape index (κ3) is 2.88. The zero-order valence-corrected chi connectivity index (χ0v) is 11.8. The summed E-state index contributed by atoms with van der Waals surface area (Å²) in [5.74, 6) is 1.32. The highest BCUT2D eigenvalue weighted by molar-refractivity contribution is 5.50. The molecule has 1 aromatic rings. The third-order valence-corrected chi connectivity index (χ3v) is 3.24. The van der Waals surface area contributed by atoms with E-state index in [1.54, 1.807) is 0 Å². The molecular formula is C16H23N. The number of benzene rings is 1. The molecule has 0 radical (unpaired) electrons. The number of nitriles is 1. The van der Waals surface area contributed by atoms with Gasteiger partial charge in [0, 0.05) is 0 Å². The molecule has 0 aliphatic carbocycles. The molecule has 1 rings (SSSR count). The average Bonchev–Trinajstić information content (AvgIpc) is 2.26. The van der Waals surface area contributed by atoms with E-state index < -0.39 is 0 Å². The summed E-state index contributed by atoms with van der Waals surface area (Å²) in [7, 11) is 0. The largest absolute Gasteiger partial charge is 0.192 e. The Morgan fingerprint density at radius 3 is 1.47 bits per heavy atom. The Morgan fingerprint density at radius 1 is 0.824 bits per heavy atom. The number of hydrogen-bond acceptors (Lipinski definition) is 1. The van der Waals surface area contributed by atoms with Crippen molar-refractivity contribution in [1.82, 2.24) is 0 Å². The van der Waals surface area contributed by atoms with Crippen molar-refractivity contribution in [1.29, 1.82) is 5.26 Å². The van der Waals surface area contributed by atoms with Crippen molar-refractivity contribution < 1.29 is 0 Å². The van der Waals surface area contributed by atoms with Crippen molar-refractivity contribution >= 4 is 0 Å². The molecule has 0 atom stereocenters. The Bertz CT molecular complexity index is 404. The van der Waals surface area contributed by atoms with Crippen LogP contribution in [0.2, 0.25) is 0 Å². The summed E-state index contributed by atoms with van der Waals surface area (Å²) < 4.78 is 0. The van der Waals surface area contributed by atoms with Crippen LogP contribution in [0.4, 0.5) is 0 Å². The third-order valence-electron chi connectivity index (χ3n) is 3.24. The van der Waals surface area contributed by atoms with Crippen LogP contribution in [0.1, 0.15) is 81.5 Å². The van der Waals surface area contributed by atoms with Gasteiger partial charge in [-0.15, -0.1) is 0 Å². The lowest BCUT2D eigenvalue weighted by molar-refractivity contribution is 0.799. The summed E-state index contributed by atoms with van der Waals surface area (Å²) in [6.07, 6.45) is 0. The van der Waals surface area contributed by atoms with Gasteiger partial charge in [-0.25, -0.2) is 0 Å². The summed E-state index contributed by atoms with van der Waals surface area (Å²) in [5, 5.41) is 9.38. The number of nitrogens with zero attached hydrogens (tertiary/aromatic N) is 1. The minimum Gasteiger partial charge on any atom is -0.192 e. The van der Waals surface area contributed by atoms with Gasteiger partial charge >= 0.3 is 0 Å². The SMILES string of the molecule is CC(C)c1cc(C(C)C)c(C#N)c(C(C)C)c1. The highest BCUT2D eigenvalue weighted by atomic mass is 14.3. The second kappa shape index (κ2) is 5.36. The van der Waals surface area contributed by atoms with Gasteiger partial charge in [0.15, 0.2) is 0 Å². The van der Waals surface area contributed by atoms with Gasteiger partial charge in [0.05, 0.1) is 11.6 Å². The molecule has 0 saturated carbocycles. The van der Waals surface area contributed by atoms with Crippen LogP contribution >= 0.6 is 0 Å². The van der Waals surface area contributed by atoms with Gasteiger partial charge in [-0.1, -0.05) is 53.7 Å². The fourth-order valence-corrected chi connectivity index (χ4v) is 2.08. The van der Waals surface area contributed by atoms with Gasteiger partial charge in [0.2, 0.25) is 0 Å². The summed E-state index contributed by atoms with van der Waals surface area (Å²) >= 11 is 0. The average molecular weight is 229 g/mol. The normalized spacial score (nSPS) is 11.3. The minimum absolute atomic E-state index is 0.404. The van der Waals surface area contributed by atoms with E-state index >= 15 is 0 Å². The topological polar surface area (TPSA) is 23.8 Å². The van der Waals surface area contributed by atoms with E-state index in [1.165, 1.54) is 16.7 Å². The molecule has 0 heterocycles. The predicted octanol–water partition coefficient (Wildman–Crippen LogP) is 4.93. The van der Waals surface area contributed by atoms with E-state index in [2.05, 4.69) is 59.7 Å². The van der Waals surface area contributed by atoms with Crippen LogP contribution in [-0.4, -0.2) is 0 Å². The van der Waals surface area contributed by atoms with E-state index in [-0.39, 0.29) is 0 Å². The lowest BCUT2D eigenvalue weighted by Gasteiger charge is -2.19. The molecule has 1 nitrogen and oxygen atoms in total. The molecule has 0 bridgehead atoms. The van der Waals surface area contributed by atoms with Gasteiger partial charge in [0.25, 0.3) is 0 Å². The molecule has 0 aliphatic heterocycles. The Labute approximate surface area is 105 Å². The molecule has 0 amide bonds. The highest BCUT2D eigenvalue weighted by Gasteiger charge is 2.16. The zero-order valence-electron chi connectivity index (χ0n) is 11.8. The van der Waals surface area contributed by atoms with Crippen LogP contribution in [-0.2, 0) is 0 Å². The molecule has 0 aromatic heterocycles. The number of hydrogen-bond donors (Lipinski definition) is 0. The standard InChI is InChI=1S/C16H23N/c1-10(2)13-7-14(11(3)4)16(9-17)15(8-13)12(5)6/h7-8,10-12H,1-6H3. The fourth-order valence-electron chi connectivity index (χ4n) is 2.08. The minimum atomic E-state index is 0.404. The first-order valence-corrected chi connectivity index (χ1v) is 6.46. The molecule has 1 aromatic carbocycles. The van der Waals surface area contributed by atoms with Crippen molar-refractivity contribution in [3.8, 4) is 6.07 Å². The molecule has 0 saturated heterocycles. The van der Waals surface area contributed by atoms with Crippen molar-refractivity contribution in [3.63, 3.8) is 0 Å². The van der Waals surface area contributed by atoms with E-state index in [0.717, 1.165) is 5.56 Å². The van der Waals surface area contributed by atoms with E-state index in [9.17, 15) is 5.26 Å². The van der Waals surface area contributed by atoms with Crippen molar-refractivity contribution in [2.75, 3.05) is 0 Å². The molecule has 0 aliphatic rings. The van der Waals surface area contributed by atoms with Crippen LogP contribution in [0.25, 0.3) is 0 Å². The maximum atomic E-state index is 9.38. The van der Waals surface area contributed by atoms with Gasteiger partial charge in [-0.2, -0.15) is 5.26 Å². The Kier molecular flexibility index (Phi) is 4.34. The lowest BCUT2D eigenvalue weighted by Crippen LogP contribution is -2.03. The first-order valence-electron chi connectivity index (χ1n) is 6.46. The number of rotatable bonds is 3. The van der Waals surface area contributed by atoms with Crippen molar-refractivity contribution in [2.24, 2.45) is 0 Å². The molecule has 1 heteroatoms. The molecule has 17 heavy (non-hydrogen) atoms. The lowest BCUT2D eigenvalue weighted by atomic mass is 9.85. The Balaban J connectivity index is 3.53. The van der Waals surface area contributed by atoms with Crippen molar-refractivity contribution in [2.45, 2.75) is 59.3 Å². The van der Waals surface area contributed by atoms with Gasteiger partial charge in [-0.3, -0.25) is 0 Å². The first-order chi connectivity index (χ1) is 7.88. The van der Waals surface area contributed by atoms with Crippen LogP contribution in [0.15, 0.2) is 12.1 Å². The molecule has 0 unspecified atom stereocenters. The fraction of sp³-hybridized carbons (Fsp3) is 0.562. The van der Waals surface area contributed by atoms with Crippen LogP contribution in [0.5, 0.6) is 0 Å². The van der Waals surface area contributed by atoms with Crippen molar-refractivity contribution in [3.05, 3.63) is 34.4 Å². The first kappa shape index (κ1) is 13.8. The zero-order chi connectivity index (χ0) is 13.2. The molecule has 0 N–H and O–H groups in total. The predicted molar refractivity (Wildman–Crippen MR) is 73.4 cm³/mol. The van der Waals surface area contributed by atoms with Gasteiger partial charge in [0.1, 0.15) is 0 Å². The summed E-state index contributed by atoms with van der Waals surface area (Å²) in [6.45, 7) is 13.0. The monoisotopic (exact) mass is 229 g/mol. The summed E-state index contributed by atoms with van der Waals surface area (Å²) in [5.41, 5.74) is 4.63. The molecule has 0 fully saturated rings. The molecule has 92 valence electrons. The maximum absolute atomic E-state index is 9.38. The van der Waals surface area contributed by atoms with Crippen LogP contribution in [0.3, 0.4) is 0 Å². The second-order valence-electron chi connectivity index (χ2n) is 5.65. The van der Waals surface area contributed by atoms with Gasteiger partial charge < -0.3 is 0 Å². The van der Waals surface area contributed by atoms with Crippen LogP contribution in [0, 0.1) is 11.3 Å². The summed E-state index contributed by atoms with van der Waals surface area (Å²) in [4.78, 5) is 0. The maximum Gasteiger partial charge on any atom is 0.0997 e. The molecular weight excluding hydrogens is 206 g/mol. The second-order valence-corrected chi connectivity index (χ2v) is 5.65. The quantitative estimate of drug-likeness (QED) is 0.721.